The Bertz CT molecular complexity index is 3000. The first kappa shape index (κ1) is 30.4. The van der Waals surface area contributed by atoms with Gasteiger partial charge in [-0.3, -0.25) is 0 Å². The van der Waals surface area contributed by atoms with Crippen LogP contribution in [0.1, 0.15) is 22.5 Å². The summed E-state index contributed by atoms with van der Waals surface area (Å²) in [5, 5.41) is 4.22. The molecule has 8 aromatic carbocycles. The molecule has 0 N–H and O–H groups in total. The van der Waals surface area contributed by atoms with Gasteiger partial charge in [0.25, 0.3) is 0 Å². The maximum Gasteiger partial charge on any atom is 0.227 e. The lowest BCUT2D eigenvalue weighted by atomic mass is 9.71. The van der Waals surface area contributed by atoms with Crippen molar-refractivity contribution in [2.45, 2.75) is 5.41 Å². The molecule has 0 radical (unpaired) electrons. The average Bonchev–Trinajstić information content (AvgIpc) is 3.83. The van der Waals surface area contributed by atoms with Crippen LogP contribution in [-0.4, -0.2) is 19.9 Å². The minimum Gasteiger partial charge on any atom is -0.435 e. The van der Waals surface area contributed by atoms with Gasteiger partial charge in [-0.05, 0) is 68.2 Å². The molecule has 0 amide bonds. The molecule has 1 aliphatic rings. The molecule has 54 heavy (non-hydrogen) atoms. The molecule has 10 aromatic rings. The normalized spacial score (nSPS) is 13.0. The SMILES string of the molecule is c1ccc(-c2nc(-c3ccc4ccc5ccc6nc(-c7ccccc7)oc6c5c4c3)nc(C3(c4ccccc4)c4ccccc4-c4ccccc43)n2)cc1. The second-order valence-corrected chi connectivity index (χ2v) is 13.8. The van der Waals surface area contributed by atoms with Gasteiger partial charge in [0, 0.05) is 22.1 Å². The quantitative estimate of drug-likeness (QED) is 0.168. The Morgan fingerprint density at radius 3 is 1.69 bits per heavy atom. The van der Waals surface area contributed by atoms with Crippen molar-refractivity contribution >= 4 is 32.6 Å². The standard InChI is InChI=1S/C49H30N4O/c1-4-14-33(15-5-1)45-51-46(53-48(52-45)49(36-18-8-3-9-19-36)40-22-12-10-20-37(40)38-21-11-13-23-41(38)49)35-27-25-31-24-26-32-28-29-42-44(43(32)39(31)30-35)54-47(50-42)34-16-6-2-7-17-34/h1-30H. The highest BCUT2D eigenvalue weighted by molar-refractivity contribution is 6.18. The fourth-order valence-corrected chi connectivity index (χ4v) is 8.36. The van der Waals surface area contributed by atoms with Gasteiger partial charge in [-0.15, -0.1) is 0 Å². The lowest BCUT2D eigenvalue weighted by Gasteiger charge is -2.32. The number of aromatic nitrogens is 4. The van der Waals surface area contributed by atoms with Gasteiger partial charge in [-0.2, -0.15) is 0 Å². The maximum atomic E-state index is 6.56. The third-order valence-corrected chi connectivity index (χ3v) is 10.8. The van der Waals surface area contributed by atoms with Crippen LogP contribution in [0.5, 0.6) is 0 Å². The van der Waals surface area contributed by atoms with Crippen LogP contribution >= 0.6 is 0 Å². The van der Waals surface area contributed by atoms with Crippen LogP contribution in [0.2, 0.25) is 0 Å². The van der Waals surface area contributed by atoms with Crippen LogP contribution in [0.4, 0.5) is 0 Å². The average molecular weight is 691 g/mol. The first-order chi connectivity index (χ1) is 26.8. The second-order valence-electron chi connectivity index (χ2n) is 13.8. The van der Waals surface area contributed by atoms with Crippen molar-refractivity contribution in [1.29, 1.82) is 0 Å². The minimum absolute atomic E-state index is 0.601. The Morgan fingerprint density at radius 2 is 0.981 bits per heavy atom. The number of rotatable bonds is 5. The lowest BCUT2D eigenvalue weighted by molar-refractivity contribution is 0.623. The van der Waals surface area contributed by atoms with E-state index in [1.807, 2.05) is 54.6 Å². The summed E-state index contributed by atoms with van der Waals surface area (Å²) in [5.74, 6) is 2.50. The second kappa shape index (κ2) is 11.9. The van der Waals surface area contributed by atoms with E-state index in [9.17, 15) is 0 Å². The van der Waals surface area contributed by atoms with Gasteiger partial charge in [0.2, 0.25) is 5.89 Å². The molecule has 252 valence electrons. The Kier molecular flexibility index (Phi) is 6.70. The van der Waals surface area contributed by atoms with Crippen molar-refractivity contribution in [3.8, 4) is 45.4 Å². The Balaban J connectivity index is 1.20. The highest BCUT2D eigenvalue weighted by Crippen LogP contribution is 2.55. The third-order valence-electron chi connectivity index (χ3n) is 10.8. The Hall–Kier alpha value is -7.24. The summed E-state index contributed by atoms with van der Waals surface area (Å²) in [4.78, 5) is 21.0. The summed E-state index contributed by atoms with van der Waals surface area (Å²) >= 11 is 0. The summed E-state index contributed by atoms with van der Waals surface area (Å²) in [5.41, 5.74) is 9.33. The van der Waals surface area contributed by atoms with Crippen LogP contribution in [-0.2, 0) is 5.41 Å². The highest BCUT2D eigenvalue weighted by Gasteiger charge is 2.48. The van der Waals surface area contributed by atoms with E-state index < -0.39 is 5.41 Å². The van der Waals surface area contributed by atoms with E-state index in [1.165, 1.54) is 11.1 Å². The van der Waals surface area contributed by atoms with Crippen LogP contribution < -0.4 is 0 Å². The monoisotopic (exact) mass is 690 g/mol. The number of nitrogens with zero attached hydrogens (tertiary/aromatic N) is 4. The van der Waals surface area contributed by atoms with Gasteiger partial charge in [0.05, 0.1) is 0 Å². The summed E-state index contributed by atoms with van der Waals surface area (Å²) in [6.07, 6.45) is 0. The summed E-state index contributed by atoms with van der Waals surface area (Å²) in [7, 11) is 0. The predicted octanol–water partition coefficient (Wildman–Crippen LogP) is 11.7. The zero-order chi connectivity index (χ0) is 35.6. The zero-order valence-corrected chi connectivity index (χ0v) is 29.0. The number of hydrogen-bond acceptors (Lipinski definition) is 5. The van der Waals surface area contributed by atoms with Crippen molar-refractivity contribution in [3.63, 3.8) is 0 Å². The van der Waals surface area contributed by atoms with Crippen molar-refractivity contribution in [2.75, 3.05) is 0 Å². The van der Waals surface area contributed by atoms with E-state index in [-0.39, 0.29) is 0 Å². The Morgan fingerprint density at radius 1 is 0.426 bits per heavy atom. The lowest BCUT2D eigenvalue weighted by Crippen LogP contribution is -2.31. The molecule has 2 heterocycles. The predicted molar refractivity (Wildman–Crippen MR) is 216 cm³/mol. The van der Waals surface area contributed by atoms with Crippen molar-refractivity contribution in [2.24, 2.45) is 0 Å². The van der Waals surface area contributed by atoms with E-state index in [0.29, 0.717) is 23.4 Å². The summed E-state index contributed by atoms with van der Waals surface area (Å²) in [6, 6.07) is 63.1. The molecule has 2 aromatic heterocycles. The topological polar surface area (TPSA) is 64.7 Å². The molecular formula is C49H30N4O. The van der Waals surface area contributed by atoms with Crippen molar-refractivity contribution in [1.82, 2.24) is 19.9 Å². The molecule has 0 atom stereocenters. The number of fused-ring (bicyclic) bond motifs is 8. The minimum atomic E-state index is -0.779. The maximum absolute atomic E-state index is 6.56. The summed E-state index contributed by atoms with van der Waals surface area (Å²) < 4.78 is 6.56. The molecule has 0 bridgehead atoms. The van der Waals surface area contributed by atoms with E-state index in [1.54, 1.807) is 0 Å². The van der Waals surface area contributed by atoms with Crippen molar-refractivity contribution < 1.29 is 4.42 Å². The van der Waals surface area contributed by atoms with Gasteiger partial charge < -0.3 is 4.42 Å². The van der Waals surface area contributed by atoms with Crippen LogP contribution in [0.15, 0.2) is 186 Å². The molecule has 0 spiro atoms. The van der Waals surface area contributed by atoms with E-state index >= 15 is 0 Å². The van der Waals surface area contributed by atoms with Gasteiger partial charge in [-0.1, -0.05) is 158 Å². The molecule has 0 aliphatic heterocycles. The number of oxazole rings is 1. The van der Waals surface area contributed by atoms with Crippen LogP contribution in [0, 0.1) is 0 Å². The van der Waals surface area contributed by atoms with Gasteiger partial charge >= 0.3 is 0 Å². The smallest absolute Gasteiger partial charge is 0.227 e. The first-order valence-electron chi connectivity index (χ1n) is 18.1. The third kappa shape index (κ3) is 4.52. The largest absolute Gasteiger partial charge is 0.435 e. The van der Waals surface area contributed by atoms with E-state index in [0.717, 1.165) is 66.0 Å². The van der Waals surface area contributed by atoms with E-state index in [4.69, 9.17) is 24.4 Å². The highest BCUT2D eigenvalue weighted by atomic mass is 16.3. The van der Waals surface area contributed by atoms with Gasteiger partial charge in [0.1, 0.15) is 10.9 Å². The molecule has 0 fully saturated rings. The molecule has 5 heteroatoms. The molecule has 0 unspecified atom stereocenters. The fraction of sp³-hybridized carbons (Fsp3) is 0.0204. The molecule has 0 saturated carbocycles. The number of benzene rings is 8. The van der Waals surface area contributed by atoms with Crippen LogP contribution in [0.25, 0.3) is 78.0 Å². The molecule has 1 aliphatic carbocycles. The summed E-state index contributed by atoms with van der Waals surface area (Å²) in [6.45, 7) is 0. The van der Waals surface area contributed by atoms with Crippen molar-refractivity contribution in [3.05, 3.63) is 205 Å². The van der Waals surface area contributed by atoms with Gasteiger partial charge in [-0.25, -0.2) is 19.9 Å². The fourth-order valence-electron chi connectivity index (χ4n) is 8.36. The molecule has 5 nitrogen and oxygen atoms in total. The van der Waals surface area contributed by atoms with E-state index in [2.05, 4.69) is 127 Å². The molecule has 11 rings (SSSR count). The first-order valence-corrected chi connectivity index (χ1v) is 18.1. The number of hydrogen-bond donors (Lipinski definition) is 0. The zero-order valence-electron chi connectivity index (χ0n) is 29.0. The molecular weight excluding hydrogens is 661 g/mol. The van der Waals surface area contributed by atoms with Crippen LogP contribution in [0.3, 0.4) is 0 Å². The molecule has 0 saturated heterocycles. The Labute approximate surface area is 311 Å². The van der Waals surface area contributed by atoms with Gasteiger partial charge in [0.15, 0.2) is 23.1 Å².